The Kier molecular flexibility index (Phi) is 7.43. The summed E-state index contributed by atoms with van der Waals surface area (Å²) in [6, 6.07) is 7.91. The fourth-order valence-corrected chi connectivity index (χ4v) is 2.32. The van der Waals surface area contributed by atoms with Crippen molar-refractivity contribution in [2.24, 2.45) is 10.2 Å². The van der Waals surface area contributed by atoms with E-state index in [1.54, 1.807) is 5.12 Å². The number of hydrogen-bond acceptors (Lipinski definition) is 5. The van der Waals surface area contributed by atoms with Crippen LogP contribution in [0.2, 0.25) is 0 Å². The van der Waals surface area contributed by atoms with Gasteiger partial charge in [-0.05, 0) is 43.5 Å². The molecule has 0 saturated carbocycles. The number of hydrogen-bond donors (Lipinski definition) is 1. The van der Waals surface area contributed by atoms with Gasteiger partial charge in [0.2, 0.25) is 0 Å². The van der Waals surface area contributed by atoms with Crippen molar-refractivity contribution in [1.29, 1.82) is 0 Å². The predicted molar refractivity (Wildman–Crippen MR) is 97.1 cm³/mol. The summed E-state index contributed by atoms with van der Waals surface area (Å²) >= 11 is 0. The van der Waals surface area contributed by atoms with E-state index in [1.807, 2.05) is 30.5 Å². The van der Waals surface area contributed by atoms with Gasteiger partial charge >= 0.3 is 0 Å². The summed E-state index contributed by atoms with van der Waals surface area (Å²) in [5.41, 5.74) is 4.92. The predicted octanol–water partition coefficient (Wildman–Crippen LogP) is 4.50. The quantitative estimate of drug-likeness (QED) is 0.646. The topological polar surface area (TPSA) is 49.2 Å². The van der Waals surface area contributed by atoms with Crippen molar-refractivity contribution in [3.8, 4) is 5.75 Å². The standard InChI is InChI=1S/C18H28N4O/c1-3-5-7-9-16-15-19-22(21-20-16)17-10-12-18(13-11-17)23-14-8-6-4-2/h10-13,15,21H,3-9,14H2,1-2H3. The lowest BCUT2D eigenvalue weighted by atomic mass is 10.1. The van der Waals surface area contributed by atoms with E-state index in [0.717, 1.165) is 43.0 Å². The van der Waals surface area contributed by atoms with Crippen LogP contribution in [-0.2, 0) is 0 Å². The van der Waals surface area contributed by atoms with E-state index in [1.165, 1.54) is 25.7 Å². The van der Waals surface area contributed by atoms with Crippen LogP contribution in [0.15, 0.2) is 34.5 Å². The molecule has 0 aliphatic carbocycles. The van der Waals surface area contributed by atoms with Gasteiger partial charge in [-0.1, -0.05) is 39.5 Å². The number of hydrazone groups is 2. The maximum atomic E-state index is 5.72. The van der Waals surface area contributed by atoms with Crippen molar-refractivity contribution in [2.45, 2.75) is 58.8 Å². The van der Waals surface area contributed by atoms with Gasteiger partial charge in [-0.15, -0.1) is 0 Å². The second-order valence-electron chi connectivity index (χ2n) is 5.77. The fraction of sp³-hybridized carbons (Fsp3) is 0.556. The molecule has 126 valence electrons. The van der Waals surface area contributed by atoms with Gasteiger partial charge in [0, 0.05) is 0 Å². The van der Waals surface area contributed by atoms with Crippen LogP contribution in [-0.4, -0.2) is 18.5 Å². The highest BCUT2D eigenvalue weighted by atomic mass is 16.5. The molecule has 0 aromatic heterocycles. The van der Waals surface area contributed by atoms with Crippen LogP contribution in [0.25, 0.3) is 0 Å². The molecular weight excluding hydrogens is 288 g/mol. The van der Waals surface area contributed by atoms with Crippen LogP contribution in [0.5, 0.6) is 5.75 Å². The maximum Gasteiger partial charge on any atom is 0.119 e. The molecule has 1 aromatic carbocycles. The maximum absolute atomic E-state index is 5.72. The molecule has 5 nitrogen and oxygen atoms in total. The number of unbranched alkanes of at least 4 members (excludes halogenated alkanes) is 4. The molecule has 2 rings (SSSR count). The molecule has 0 amide bonds. The lowest BCUT2D eigenvalue weighted by Gasteiger charge is -2.21. The third-order valence-electron chi connectivity index (χ3n) is 3.74. The molecule has 1 heterocycles. The van der Waals surface area contributed by atoms with Crippen molar-refractivity contribution in [1.82, 2.24) is 5.53 Å². The van der Waals surface area contributed by atoms with Gasteiger partial charge in [0.05, 0.1) is 24.2 Å². The van der Waals surface area contributed by atoms with Crippen molar-refractivity contribution >= 4 is 17.6 Å². The second kappa shape index (κ2) is 9.87. The first-order valence-electron chi connectivity index (χ1n) is 8.72. The average Bonchev–Trinajstić information content (AvgIpc) is 2.60. The third kappa shape index (κ3) is 5.93. The van der Waals surface area contributed by atoms with Crippen molar-refractivity contribution in [3.05, 3.63) is 24.3 Å². The van der Waals surface area contributed by atoms with Crippen LogP contribution in [0, 0.1) is 0 Å². The van der Waals surface area contributed by atoms with E-state index in [2.05, 4.69) is 29.6 Å². The average molecular weight is 316 g/mol. The molecule has 0 fully saturated rings. The Morgan fingerprint density at radius 2 is 1.74 bits per heavy atom. The minimum absolute atomic E-state index is 0.777. The van der Waals surface area contributed by atoms with Crippen molar-refractivity contribution in [3.63, 3.8) is 0 Å². The number of anilines is 1. The number of ether oxygens (including phenoxy) is 1. The Balaban J connectivity index is 1.78. The van der Waals surface area contributed by atoms with Crippen LogP contribution in [0.1, 0.15) is 58.8 Å². The highest BCUT2D eigenvalue weighted by molar-refractivity contribution is 6.31. The molecule has 1 aliphatic heterocycles. The van der Waals surface area contributed by atoms with Gasteiger partial charge in [-0.2, -0.15) is 20.9 Å². The molecule has 0 unspecified atom stereocenters. The molecule has 23 heavy (non-hydrogen) atoms. The molecule has 0 radical (unpaired) electrons. The fourth-order valence-electron chi connectivity index (χ4n) is 2.32. The molecular formula is C18H28N4O. The van der Waals surface area contributed by atoms with Crippen molar-refractivity contribution < 1.29 is 4.74 Å². The summed E-state index contributed by atoms with van der Waals surface area (Å²) in [7, 11) is 0. The first kappa shape index (κ1) is 17.3. The summed E-state index contributed by atoms with van der Waals surface area (Å²) in [6.45, 7) is 5.17. The minimum Gasteiger partial charge on any atom is -0.494 e. The number of hydrazine groups is 1. The molecule has 0 spiro atoms. The summed E-state index contributed by atoms with van der Waals surface area (Å²) in [5, 5.41) is 10.4. The lowest BCUT2D eigenvalue weighted by molar-refractivity contribution is 0.306. The minimum atomic E-state index is 0.777. The molecule has 1 aliphatic rings. The smallest absolute Gasteiger partial charge is 0.119 e. The van der Waals surface area contributed by atoms with E-state index in [9.17, 15) is 0 Å². The zero-order chi connectivity index (χ0) is 16.3. The van der Waals surface area contributed by atoms with E-state index >= 15 is 0 Å². The molecule has 0 atom stereocenters. The van der Waals surface area contributed by atoms with Crippen LogP contribution >= 0.6 is 0 Å². The SMILES string of the molecule is CCCCCOc1ccc(N2N=CC(CCCCC)=NN2)cc1. The highest BCUT2D eigenvalue weighted by Crippen LogP contribution is 2.19. The number of rotatable bonds is 10. The van der Waals surface area contributed by atoms with Gasteiger partial charge in [-0.3, -0.25) is 0 Å². The number of nitrogens with zero attached hydrogens (tertiary/aromatic N) is 3. The van der Waals surface area contributed by atoms with Crippen LogP contribution < -0.4 is 15.4 Å². The Bertz CT molecular complexity index is 510. The Hall–Kier alpha value is -2.04. The second-order valence-corrected chi connectivity index (χ2v) is 5.77. The van der Waals surface area contributed by atoms with E-state index in [0.29, 0.717) is 0 Å². The monoisotopic (exact) mass is 316 g/mol. The zero-order valence-electron chi connectivity index (χ0n) is 14.3. The van der Waals surface area contributed by atoms with Crippen LogP contribution in [0.4, 0.5) is 5.69 Å². The number of benzene rings is 1. The lowest BCUT2D eigenvalue weighted by Crippen LogP contribution is -2.34. The molecule has 0 bridgehead atoms. The van der Waals surface area contributed by atoms with Gasteiger partial charge in [-0.25, -0.2) is 0 Å². The summed E-state index contributed by atoms with van der Waals surface area (Å²) < 4.78 is 5.72. The van der Waals surface area contributed by atoms with Gasteiger partial charge in [0.25, 0.3) is 0 Å². The first-order chi connectivity index (χ1) is 11.3. The summed E-state index contributed by atoms with van der Waals surface area (Å²) in [5.74, 6) is 0.898. The van der Waals surface area contributed by atoms with Crippen molar-refractivity contribution in [2.75, 3.05) is 11.7 Å². The highest BCUT2D eigenvalue weighted by Gasteiger charge is 2.09. The molecule has 0 saturated heterocycles. The molecule has 1 N–H and O–H groups in total. The normalized spacial score (nSPS) is 13.7. The third-order valence-corrected chi connectivity index (χ3v) is 3.74. The van der Waals surface area contributed by atoms with E-state index in [-0.39, 0.29) is 0 Å². The summed E-state index contributed by atoms with van der Waals surface area (Å²) in [4.78, 5) is 0. The van der Waals surface area contributed by atoms with Gasteiger partial charge in [0.15, 0.2) is 0 Å². The Labute approximate surface area is 139 Å². The first-order valence-corrected chi connectivity index (χ1v) is 8.72. The largest absolute Gasteiger partial charge is 0.494 e. The Morgan fingerprint density at radius 1 is 1.00 bits per heavy atom. The van der Waals surface area contributed by atoms with Gasteiger partial charge in [0.1, 0.15) is 5.75 Å². The van der Waals surface area contributed by atoms with Gasteiger partial charge < -0.3 is 4.74 Å². The molecule has 5 heteroatoms. The van der Waals surface area contributed by atoms with Crippen LogP contribution in [0.3, 0.4) is 0 Å². The van der Waals surface area contributed by atoms with E-state index < -0.39 is 0 Å². The summed E-state index contributed by atoms with van der Waals surface area (Å²) in [6.07, 6.45) is 9.95. The Morgan fingerprint density at radius 3 is 2.39 bits per heavy atom. The zero-order valence-corrected chi connectivity index (χ0v) is 14.3. The molecule has 1 aromatic rings. The van der Waals surface area contributed by atoms with E-state index in [4.69, 9.17) is 4.74 Å². The number of nitrogens with one attached hydrogen (secondary N) is 1.